The molecule has 2 atom stereocenters. The molecule has 0 bridgehead atoms. The van der Waals surface area contributed by atoms with Gasteiger partial charge in [0.25, 0.3) is 0 Å². The second-order valence-electron chi connectivity index (χ2n) is 5.44. The van der Waals surface area contributed by atoms with E-state index in [0.29, 0.717) is 0 Å². The van der Waals surface area contributed by atoms with Gasteiger partial charge in [-0.05, 0) is 42.4 Å². The maximum absolute atomic E-state index is 11.1. The number of carbonyl (C=O) groups excluding carboxylic acids is 1. The Balaban J connectivity index is 2.08. The van der Waals surface area contributed by atoms with E-state index in [9.17, 15) is 9.90 Å². The summed E-state index contributed by atoms with van der Waals surface area (Å²) in [6.07, 6.45) is 10.2. The molecule has 0 saturated heterocycles. The zero-order valence-electron chi connectivity index (χ0n) is 13.0. The Morgan fingerprint density at radius 1 is 1.36 bits per heavy atom. The lowest BCUT2D eigenvalue weighted by Crippen LogP contribution is -2.07. The first-order valence-corrected chi connectivity index (χ1v) is 7.49. The van der Waals surface area contributed by atoms with Crippen molar-refractivity contribution < 1.29 is 14.6 Å². The molecule has 0 amide bonds. The van der Waals surface area contributed by atoms with Gasteiger partial charge < -0.3 is 9.84 Å². The summed E-state index contributed by atoms with van der Waals surface area (Å²) in [5.41, 5.74) is 3.35. The molecule has 116 valence electrons. The molecule has 1 aliphatic rings. The van der Waals surface area contributed by atoms with E-state index in [-0.39, 0.29) is 11.9 Å². The van der Waals surface area contributed by atoms with E-state index in [2.05, 4.69) is 10.8 Å². The van der Waals surface area contributed by atoms with E-state index >= 15 is 0 Å². The molecule has 1 aliphatic carbocycles. The summed E-state index contributed by atoms with van der Waals surface area (Å²) < 4.78 is 4.57. The Morgan fingerprint density at radius 2 is 2.14 bits per heavy atom. The van der Waals surface area contributed by atoms with Crippen LogP contribution in [0.1, 0.15) is 30.6 Å². The number of esters is 1. The third kappa shape index (κ3) is 3.95. The van der Waals surface area contributed by atoms with Crippen molar-refractivity contribution in [2.75, 3.05) is 7.11 Å². The smallest absolute Gasteiger partial charge is 0.330 e. The van der Waals surface area contributed by atoms with Crippen molar-refractivity contribution in [2.45, 2.75) is 25.9 Å². The molecule has 2 rings (SSSR count). The van der Waals surface area contributed by atoms with Crippen LogP contribution >= 0.6 is 0 Å². The molecule has 0 spiro atoms. The summed E-state index contributed by atoms with van der Waals surface area (Å²) in [5.74, 6) is -0.198. The van der Waals surface area contributed by atoms with Crippen molar-refractivity contribution in [3.8, 4) is 0 Å². The number of aliphatic hydroxyl groups excluding tert-OH is 1. The second kappa shape index (κ2) is 7.76. The molecule has 0 saturated carbocycles. The van der Waals surface area contributed by atoms with Gasteiger partial charge in [0.15, 0.2) is 0 Å². The van der Waals surface area contributed by atoms with Crippen LogP contribution in [0.3, 0.4) is 0 Å². The molecular weight excluding hydrogens is 276 g/mol. The number of fused-ring (bicyclic) bond motifs is 1. The predicted molar refractivity (Wildman–Crippen MR) is 87.3 cm³/mol. The highest BCUT2D eigenvalue weighted by Crippen LogP contribution is 2.39. The molecule has 1 aromatic rings. The van der Waals surface area contributed by atoms with Crippen molar-refractivity contribution in [2.24, 2.45) is 5.92 Å². The summed E-state index contributed by atoms with van der Waals surface area (Å²) in [5, 5.41) is 10.5. The minimum atomic E-state index is -0.422. The lowest BCUT2D eigenvalue weighted by atomic mass is 9.94. The van der Waals surface area contributed by atoms with Gasteiger partial charge in [-0.2, -0.15) is 0 Å². The Labute approximate surface area is 131 Å². The van der Waals surface area contributed by atoms with Crippen LogP contribution in [0.15, 0.2) is 60.2 Å². The first kappa shape index (κ1) is 16.2. The van der Waals surface area contributed by atoms with Crippen LogP contribution in [0.5, 0.6) is 0 Å². The summed E-state index contributed by atoms with van der Waals surface area (Å²) in [6, 6.07) is 8.05. The maximum atomic E-state index is 11.1. The van der Waals surface area contributed by atoms with Gasteiger partial charge in [-0.15, -0.1) is 0 Å². The largest absolute Gasteiger partial charge is 0.466 e. The number of rotatable bonds is 5. The fraction of sp³-hybridized carbons (Fsp3) is 0.316. The normalized spacial score (nSPS) is 21.5. The standard InChI is InChI=1S/C19H22O3/c1-3-7-14(8-6-11-18(20)22-2)12-16-13-15-9-4-5-10-17(15)19(16)21/h3-11,16,19,21H,12-13H2,1-2H3/b7-3-,11-6+,14-8+. The summed E-state index contributed by atoms with van der Waals surface area (Å²) in [6.45, 7) is 1.96. The molecule has 3 nitrogen and oxygen atoms in total. The van der Waals surface area contributed by atoms with Gasteiger partial charge in [-0.3, -0.25) is 0 Å². The number of benzene rings is 1. The molecule has 2 unspecified atom stereocenters. The van der Waals surface area contributed by atoms with Crippen LogP contribution in [-0.2, 0) is 16.0 Å². The third-order valence-electron chi connectivity index (χ3n) is 3.92. The van der Waals surface area contributed by atoms with E-state index in [1.807, 2.05) is 43.4 Å². The number of methoxy groups -OCH3 is 1. The Morgan fingerprint density at radius 3 is 2.82 bits per heavy atom. The van der Waals surface area contributed by atoms with Crippen LogP contribution < -0.4 is 0 Å². The van der Waals surface area contributed by atoms with Crippen LogP contribution in [0.2, 0.25) is 0 Å². The fourth-order valence-electron chi connectivity index (χ4n) is 2.87. The molecule has 22 heavy (non-hydrogen) atoms. The molecule has 1 N–H and O–H groups in total. The first-order chi connectivity index (χ1) is 10.7. The quantitative estimate of drug-likeness (QED) is 0.514. The fourth-order valence-corrected chi connectivity index (χ4v) is 2.87. The van der Waals surface area contributed by atoms with E-state index < -0.39 is 6.10 Å². The number of aliphatic hydroxyl groups is 1. The minimum absolute atomic E-state index is 0.173. The summed E-state index contributed by atoms with van der Waals surface area (Å²) in [7, 11) is 1.36. The number of ether oxygens (including phenoxy) is 1. The maximum Gasteiger partial charge on any atom is 0.330 e. The lowest BCUT2D eigenvalue weighted by Gasteiger charge is -2.15. The zero-order chi connectivity index (χ0) is 15.9. The highest BCUT2D eigenvalue weighted by molar-refractivity contribution is 5.82. The Hall–Kier alpha value is -2.13. The monoisotopic (exact) mass is 298 g/mol. The van der Waals surface area contributed by atoms with Crippen LogP contribution in [0, 0.1) is 5.92 Å². The van der Waals surface area contributed by atoms with Gasteiger partial charge in [-0.1, -0.05) is 48.6 Å². The molecule has 3 heteroatoms. The average molecular weight is 298 g/mol. The lowest BCUT2D eigenvalue weighted by molar-refractivity contribution is -0.134. The van der Waals surface area contributed by atoms with E-state index in [4.69, 9.17) is 0 Å². The van der Waals surface area contributed by atoms with Crippen molar-refractivity contribution in [1.29, 1.82) is 0 Å². The molecule has 0 aliphatic heterocycles. The Kier molecular flexibility index (Phi) is 5.73. The van der Waals surface area contributed by atoms with E-state index in [1.165, 1.54) is 18.7 Å². The number of hydrogen-bond acceptors (Lipinski definition) is 3. The highest BCUT2D eigenvalue weighted by Gasteiger charge is 2.30. The van der Waals surface area contributed by atoms with Gasteiger partial charge >= 0.3 is 5.97 Å². The van der Waals surface area contributed by atoms with Crippen LogP contribution in [0.4, 0.5) is 0 Å². The Bertz CT molecular complexity index is 611. The average Bonchev–Trinajstić information content (AvgIpc) is 2.84. The summed E-state index contributed by atoms with van der Waals surface area (Å²) in [4.78, 5) is 11.1. The topological polar surface area (TPSA) is 46.5 Å². The number of carbonyl (C=O) groups is 1. The van der Waals surface area contributed by atoms with E-state index in [1.54, 1.807) is 6.08 Å². The van der Waals surface area contributed by atoms with Crippen molar-refractivity contribution in [1.82, 2.24) is 0 Å². The van der Waals surface area contributed by atoms with Gasteiger partial charge in [0.2, 0.25) is 0 Å². The highest BCUT2D eigenvalue weighted by atomic mass is 16.5. The SMILES string of the molecule is C\C=C/C(=C\C=C\C(=O)OC)CC1Cc2ccccc2C1O. The van der Waals surface area contributed by atoms with Crippen molar-refractivity contribution in [3.05, 3.63) is 71.3 Å². The van der Waals surface area contributed by atoms with E-state index in [0.717, 1.165) is 24.0 Å². The van der Waals surface area contributed by atoms with Gasteiger partial charge in [0.1, 0.15) is 0 Å². The van der Waals surface area contributed by atoms with Gasteiger partial charge in [-0.25, -0.2) is 4.79 Å². The predicted octanol–water partition coefficient (Wildman–Crippen LogP) is 3.51. The number of allylic oxidation sites excluding steroid dienone is 5. The summed E-state index contributed by atoms with van der Waals surface area (Å²) >= 11 is 0. The minimum Gasteiger partial charge on any atom is -0.466 e. The molecule has 0 fully saturated rings. The van der Waals surface area contributed by atoms with Crippen LogP contribution in [0.25, 0.3) is 0 Å². The molecular formula is C19H22O3. The third-order valence-corrected chi connectivity index (χ3v) is 3.92. The number of hydrogen-bond donors (Lipinski definition) is 1. The second-order valence-corrected chi connectivity index (χ2v) is 5.44. The van der Waals surface area contributed by atoms with Crippen LogP contribution in [-0.4, -0.2) is 18.2 Å². The molecule has 0 radical (unpaired) electrons. The van der Waals surface area contributed by atoms with Crippen molar-refractivity contribution in [3.63, 3.8) is 0 Å². The zero-order valence-corrected chi connectivity index (χ0v) is 13.0. The molecule has 1 aromatic carbocycles. The first-order valence-electron chi connectivity index (χ1n) is 7.49. The molecule has 0 aromatic heterocycles. The van der Waals surface area contributed by atoms with Gasteiger partial charge in [0, 0.05) is 6.08 Å². The van der Waals surface area contributed by atoms with Crippen molar-refractivity contribution >= 4 is 5.97 Å². The molecule has 0 heterocycles. The van der Waals surface area contributed by atoms with Gasteiger partial charge in [0.05, 0.1) is 13.2 Å².